The van der Waals surface area contributed by atoms with Crippen LogP contribution in [0.25, 0.3) is 0 Å². The van der Waals surface area contributed by atoms with Crippen molar-refractivity contribution < 1.29 is 47.7 Å². The molecular weight excluding hydrogens is 541 g/mol. The van der Waals surface area contributed by atoms with Crippen LogP contribution in [0.1, 0.15) is 63.0 Å². The number of halogens is 4. The first-order valence-electron chi connectivity index (χ1n) is 13.9. The molecule has 1 spiro atoms. The summed E-state index contributed by atoms with van der Waals surface area (Å²) in [6, 6.07) is 4.99. The number of aryl methyl sites for hydroxylation is 1. The van der Waals surface area contributed by atoms with Gasteiger partial charge >= 0.3 is 6.18 Å². The van der Waals surface area contributed by atoms with Crippen molar-refractivity contribution in [2.24, 2.45) is 23.7 Å². The Kier molecular flexibility index (Phi) is 6.78. The minimum Gasteiger partial charge on any atom is -0.487 e. The SMILES string of the molecule is CCC1CC(Oc2cc(C3(OCC(F)(F)F)OOC34C3CC5CC4CC(Cl)(C5)C3)ccc2C)C(O)C(O)C1O. The van der Waals surface area contributed by atoms with Crippen molar-refractivity contribution in [2.75, 3.05) is 6.61 Å². The quantitative estimate of drug-likeness (QED) is 0.339. The number of aliphatic hydroxyl groups excluding tert-OH is 3. The van der Waals surface area contributed by atoms with Gasteiger partial charge in [-0.3, -0.25) is 0 Å². The van der Waals surface area contributed by atoms with Gasteiger partial charge < -0.3 is 24.8 Å². The molecule has 7 rings (SSSR count). The smallest absolute Gasteiger partial charge is 0.411 e. The number of rotatable bonds is 6. The molecule has 39 heavy (non-hydrogen) atoms. The first-order valence-corrected chi connectivity index (χ1v) is 14.3. The van der Waals surface area contributed by atoms with Gasteiger partial charge in [0.2, 0.25) is 0 Å². The molecule has 1 aromatic carbocycles. The normalized spacial score (nSPS) is 46.9. The molecule has 8 atom stereocenters. The molecule has 5 saturated carbocycles. The molecule has 1 heterocycles. The van der Waals surface area contributed by atoms with Crippen LogP contribution in [0.15, 0.2) is 18.2 Å². The molecule has 0 aromatic heterocycles. The lowest BCUT2D eigenvalue weighted by atomic mass is 9.46. The third kappa shape index (κ3) is 4.32. The molecule has 5 aliphatic carbocycles. The van der Waals surface area contributed by atoms with Crippen LogP contribution in [0, 0.1) is 30.6 Å². The Morgan fingerprint density at radius 1 is 1.00 bits per heavy atom. The van der Waals surface area contributed by atoms with Crippen molar-refractivity contribution in [3.05, 3.63) is 29.3 Å². The number of hydrogen-bond donors (Lipinski definition) is 3. The second-order valence-electron chi connectivity index (χ2n) is 12.5. The summed E-state index contributed by atoms with van der Waals surface area (Å²) in [4.78, 5) is 11.1. The minimum absolute atomic E-state index is 0.129. The van der Waals surface area contributed by atoms with Gasteiger partial charge in [0.15, 0.2) is 5.60 Å². The summed E-state index contributed by atoms with van der Waals surface area (Å²) in [7, 11) is 0. The first-order chi connectivity index (χ1) is 18.3. The van der Waals surface area contributed by atoms with Crippen LogP contribution in [0.3, 0.4) is 0 Å². The molecule has 1 saturated heterocycles. The molecule has 8 unspecified atom stereocenters. The van der Waals surface area contributed by atoms with Crippen LogP contribution < -0.4 is 4.74 Å². The third-order valence-corrected chi connectivity index (χ3v) is 10.5. The van der Waals surface area contributed by atoms with Gasteiger partial charge in [0, 0.05) is 10.4 Å². The highest BCUT2D eigenvalue weighted by atomic mass is 35.5. The highest BCUT2D eigenvalue weighted by Gasteiger charge is 2.78. The minimum atomic E-state index is -4.59. The van der Waals surface area contributed by atoms with E-state index in [-0.39, 0.29) is 22.6 Å². The zero-order valence-electron chi connectivity index (χ0n) is 22.0. The summed E-state index contributed by atoms with van der Waals surface area (Å²) in [6.07, 6.45) is -4.59. The van der Waals surface area contributed by atoms with E-state index in [1.54, 1.807) is 25.1 Å². The fraction of sp³-hybridized carbons (Fsp3) is 0.786. The Labute approximate surface area is 230 Å². The molecule has 7 nitrogen and oxygen atoms in total. The standard InChI is InChI=1S/C28H36ClF3O7/c1-3-16-8-21(23(34)24(35)22(16)33)37-20-9-17(5-4-14(20)2)28(36-13-26(30,31)32)27(38-39-28)18-6-15-7-19(27)12-25(29,10-15)11-18/h4-5,9,15-16,18-19,21-24,33-35H,3,6-8,10-13H2,1-2H3. The molecule has 0 radical (unpaired) electrons. The molecule has 3 N–H and O–H groups in total. The Morgan fingerprint density at radius 2 is 1.69 bits per heavy atom. The van der Waals surface area contributed by atoms with Gasteiger partial charge in [-0.25, -0.2) is 4.89 Å². The third-order valence-electron chi connectivity index (χ3n) is 10.0. The number of alkyl halides is 4. The van der Waals surface area contributed by atoms with Crippen LogP contribution >= 0.6 is 11.6 Å². The molecule has 0 amide bonds. The van der Waals surface area contributed by atoms with E-state index in [4.69, 9.17) is 30.8 Å². The van der Waals surface area contributed by atoms with Crippen molar-refractivity contribution >= 4 is 11.6 Å². The zero-order valence-corrected chi connectivity index (χ0v) is 22.8. The van der Waals surface area contributed by atoms with Crippen LogP contribution in [0.2, 0.25) is 0 Å². The summed E-state index contributed by atoms with van der Waals surface area (Å²) >= 11 is 6.94. The topological polar surface area (TPSA) is 97.6 Å². The molecular formula is C28H36ClF3O7. The monoisotopic (exact) mass is 576 g/mol. The second kappa shape index (κ2) is 9.44. The lowest BCUT2D eigenvalue weighted by molar-refractivity contribution is -0.650. The van der Waals surface area contributed by atoms with Gasteiger partial charge in [0.1, 0.15) is 30.7 Å². The summed E-state index contributed by atoms with van der Waals surface area (Å²) in [5, 5.41) is 31.4. The van der Waals surface area contributed by atoms with Gasteiger partial charge in [-0.2, -0.15) is 18.1 Å². The van der Waals surface area contributed by atoms with Crippen molar-refractivity contribution in [1.82, 2.24) is 0 Å². The fourth-order valence-electron chi connectivity index (χ4n) is 8.33. The highest BCUT2D eigenvalue weighted by Crippen LogP contribution is 2.71. The first kappa shape index (κ1) is 28.0. The van der Waals surface area contributed by atoms with E-state index in [9.17, 15) is 28.5 Å². The van der Waals surface area contributed by atoms with Gasteiger partial charge in [0.25, 0.3) is 5.79 Å². The van der Waals surface area contributed by atoms with Gasteiger partial charge in [-0.1, -0.05) is 25.5 Å². The molecule has 4 bridgehead atoms. The average Bonchev–Trinajstić information content (AvgIpc) is 2.84. The summed E-state index contributed by atoms with van der Waals surface area (Å²) in [6.45, 7) is 2.15. The van der Waals surface area contributed by atoms with E-state index in [1.807, 2.05) is 6.92 Å². The number of ether oxygens (including phenoxy) is 2. The summed E-state index contributed by atoms with van der Waals surface area (Å²) in [5.74, 6) is -1.62. The molecule has 218 valence electrons. The van der Waals surface area contributed by atoms with Crippen LogP contribution in [0.5, 0.6) is 5.75 Å². The lowest BCUT2D eigenvalue weighted by Gasteiger charge is -2.70. The Hall–Kier alpha value is -1.14. The van der Waals surface area contributed by atoms with Gasteiger partial charge in [0.05, 0.1) is 6.10 Å². The van der Waals surface area contributed by atoms with Crippen molar-refractivity contribution in [2.45, 2.75) is 106 Å². The number of hydrogen-bond acceptors (Lipinski definition) is 7. The number of benzene rings is 1. The van der Waals surface area contributed by atoms with Crippen molar-refractivity contribution in [3.63, 3.8) is 0 Å². The predicted octanol–water partition coefficient (Wildman–Crippen LogP) is 4.50. The van der Waals surface area contributed by atoms with E-state index in [1.165, 1.54) is 0 Å². The molecule has 6 fully saturated rings. The van der Waals surface area contributed by atoms with Crippen LogP contribution in [-0.2, 0) is 20.3 Å². The highest BCUT2D eigenvalue weighted by molar-refractivity contribution is 6.24. The summed E-state index contributed by atoms with van der Waals surface area (Å²) in [5.41, 5.74) is -0.0878. The van der Waals surface area contributed by atoms with E-state index in [2.05, 4.69) is 0 Å². The molecule has 1 aliphatic heterocycles. The lowest BCUT2D eigenvalue weighted by Crippen LogP contribution is -2.78. The molecule has 6 aliphatic rings. The maximum Gasteiger partial charge on any atom is 0.411 e. The zero-order chi connectivity index (χ0) is 28.0. The van der Waals surface area contributed by atoms with Crippen LogP contribution in [0.4, 0.5) is 13.2 Å². The van der Waals surface area contributed by atoms with Gasteiger partial charge in [-0.15, -0.1) is 11.6 Å². The average molecular weight is 577 g/mol. The Balaban J connectivity index is 1.36. The molecule has 1 aromatic rings. The van der Waals surface area contributed by atoms with Gasteiger partial charge in [-0.05, 0) is 80.8 Å². The van der Waals surface area contributed by atoms with Crippen molar-refractivity contribution in [1.29, 1.82) is 0 Å². The largest absolute Gasteiger partial charge is 0.487 e. The van der Waals surface area contributed by atoms with E-state index in [0.717, 1.165) is 19.3 Å². The fourth-order valence-corrected chi connectivity index (χ4v) is 8.93. The molecule has 11 heteroatoms. The second-order valence-corrected chi connectivity index (χ2v) is 13.3. The van der Waals surface area contributed by atoms with Crippen LogP contribution in [-0.4, -0.2) is 63.0 Å². The maximum atomic E-state index is 13.5. The Morgan fingerprint density at radius 3 is 2.26 bits per heavy atom. The van der Waals surface area contributed by atoms with E-state index < -0.39 is 48.6 Å². The maximum absolute atomic E-state index is 13.5. The summed E-state index contributed by atoms with van der Waals surface area (Å²) < 4.78 is 52.5. The Bertz CT molecular complexity index is 1080. The predicted molar refractivity (Wildman–Crippen MR) is 133 cm³/mol. The van der Waals surface area contributed by atoms with E-state index >= 15 is 0 Å². The van der Waals surface area contributed by atoms with Crippen molar-refractivity contribution in [3.8, 4) is 5.75 Å². The number of aliphatic hydroxyl groups is 3. The van der Waals surface area contributed by atoms with E-state index in [0.29, 0.717) is 48.5 Å².